The number of pyridine rings is 1. The average Bonchev–Trinajstić information content (AvgIpc) is 2.73. The van der Waals surface area contributed by atoms with Crippen molar-refractivity contribution in [2.24, 2.45) is 4.36 Å². The number of benzene rings is 2. The fraction of sp³-hybridized carbons (Fsp3) is 0.0870. The number of nitrogens with one attached hydrogen (secondary N) is 1. The zero-order chi connectivity index (χ0) is 23.3. The van der Waals surface area contributed by atoms with Gasteiger partial charge in [-0.3, -0.25) is 14.6 Å². The quantitative estimate of drug-likeness (QED) is 0.607. The van der Waals surface area contributed by atoms with Gasteiger partial charge >= 0.3 is 0 Å². The van der Waals surface area contributed by atoms with Gasteiger partial charge < -0.3 is 5.32 Å². The summed E-state index contributed by atoms with van der Waals surface area (Å²) in [5, 5.41) is 2.59. The third-order valence-electron chi connectivity index (χ3n) is 4.13. The van der Waals surface area contributed by atoms with E-state index in [1.165, 1.54) is 49.8 Å². The first kappa shape index (κ1) is 22.8. The van der Waals surface area contributed by atoms with E-state index in [1.807, 2.05) is 0 Å². The number of rotatable bonds is 3. The molecule has 1 atom stereocenters. The highest BCUT2D eigenvalue weighted by Gasteiger charge is 2.12. The van der Waals surface area contributed by atoms with Crippen LogP contribution in [0, 0.1) is 23.5 Å². The van der Waals surface area contributed by atoms with Crippen LogP contribution in [0.25, 0.3) is 0 Å². The van der Waals surface area contributed by atoms with E-state index < -0.39 is 27.3 Å². The molecule has 1 N–H and O–H groups in total. The van der Waals surface area contributed by atoms with Gasteiger partial charge in [0.15, 0.2) is 0 Å². The molecule has 0 aliphatic carbocycles. The first-order chi connectivity index (χ1) is 15.1. The van der Waals surface area contributed by atoms with Crippen molar-refractivity contribution in [3.63, 3.8) is 0 Å². The number of hydrogen-bond acceptors (Lipinski definition) is 4. The molecule has 1 heterocycles. The van der Waals surface area contributed by atoms with Gasteiger partial charge in [-0.1, -0.05) is 11.8 Å². The van der Waals surface area contributed by atoms with Crippen LogP contribution in [0.5, 0.6) is 0 Å². The maximum atomic E-state index is 13.7. The van der Waals surface area contributed by atoms with Gasteiger partial charge in [-0.05, 0) is 42.5 Å². The molecule has 162 valence electrons. The summed E-state index contributed by atoms with van der Waals surface area (Å²) in [5.41, 5.74) is 0.876. The van der Waals surface area contributed by atoms with Gasteiger partial charge in [-0.15, -0.1) is 0 Å². The van der Waals surface area contributed by atoms with Crippen molar-refractivity contribution in [3.05, 3.63) is 89.2 Å². The van der Waals surface area contributed by atoms with Crippen molar-refractivity contribution in [3.8, 4) is 11.8 Å². The van der Waals surface area contributed by atoms with Crippen LogP contribution in [0.4, 0.5) is 14.5 Å². The Morgan fingerprint density at radius 3 is 2.41 bits per heavy atom. The summed E-state index contributed by atoms with van der Waals surface area (Å²) < 4.78 is 43.5. The minimum atomic E-state index is -3.07. The molecule has 1 aromatic heterocycles. The maximum absolute atomic E-state index is 13.7. The maximum Gasteiger partial charge on any atom is 0.286 e. The predicted molar refractivity (Wildman–Crippen MR) is 116 cm³/mol. The van der Waals surface area contributed by atoms with Crippen molar-refractivity contribution in [2.45, 2.75) is 11.8 Å². The van der Waals surface area contributed by atoms with Crippen LogP contribution in [-0.2, 0) is 14.5 Å². The number of carbonyl (C=O) groups is 2. The van der Waals surface area contributed by atoms with E-state index in [0.29, 0.717) is 16.1 Å². The van der Waals surface area contributed by atoms with Crippen LogP contribution < -0.4 is 5.32 Å². The lowest BCUT2D eigenvalue weighted by molar-refractivity contribution is -0.114. The number of anilines is 1. The molecule has 0 aliphatic heterocycles. The Balaban J connectivity index is 1.85. The standard InChI is InChI=1S/C23H17F2N3O3S/c1-15(29)27-20-7-9-21(10-8-20)32(2,31)28-23(30)18-11-16(13-26-14-18)3-4-17-5-6-19(24)12-22(17)25/h5-14H,1-2H3,(H,27,29). The van der Waals surface area contributed by atoms with Crippen LogP contribution in [0.3, 0.4) is 0 Å². The first-order valence-corrected chi connectivity index (χ1v) is 11.1. The molecule has 0 saturated heterocycles. The molecule has 2 amide bonds. The number of aromatic nitrogens is 1. The predicted octanol–water partition coefficient (Wildman–Crippen LogP) is 4.02. The van der Waals surface area contributed by atoms with Crippen LogP contribution in [0.15, 0.2) is 70.2 Å². The van der Waals surface area contributed by atoms with Gasteiger partial charge in [-0.25, -0.2) is 13.0 Å². The van der Waals surface area contributed by atoms with Crippen molar-refractivity contribution in [1.29, 1.82) is 0 Å². The van der Waals surface area contributed by atoms with E-state index in [4.69, 9.17) is 0 Å². The molecule has 0 bridgehead atoms. The van der Waals surface area contributed by atoms with Gasteiger partial charge in [0.25, 0.3) is 5.91 Å². The average molecular weight is 453 g/mol. The second kappa shape index (κ2) is 9.49. The van der Waals surface area contributed by atoms with E-state index >= 15 is 0 Å². The number of halogens is 2. The van der Waals surface area contributed by atoms with Crippen LogP contribution in [0.2, 0.25) is 0 Å². The topological polar surface area (TPSA) is 88.5 Å². The van der Waals surface area contributed by atoms with Gasteiger partial charge in [0.2, 0.25) is 5.91 Å². The van der Waals surface area contributed by atoms with E-state index in [1.54, 1.807) is 12.1 Å². The van der Waals surface area contributed by atoms with Crippen LogP contribution in [-0.4, -0.2) is 27.3 Å². The monoisotopic (exact) mass is 453 g/mol. The van der Waals surface area contributed by atoms with Crippen LogP contribution in [0.1, 0.15) is 28.4 Å². The van der Waals surface area contributed by atoms with E-state index in [-0.39, 0.29) is 17.0 Å². The Bertz CT molecular complexity index is 1380. The zero-order valence-electron chi connectivity index (χ0n) is 17.1. The SMILES string of the molecule is CC(=O)Nc1ccc(S(C)(=O)=NC(=O)c2cncc(C#Cc3ccc(F)cc3F)c2)cc1. The minimum absolute atomic E-state index is 0.00731. The van der Waals surface area contributed by atoms with E-state index in [2.05, 4.69) is 26.5 Å². The van der Waals surface area contributed by atoms with Crippen molar-refractivity contribution in [2.75, 3.05) is 11.6 Å². The van der Waals surface area contributed by atoms with Crippen molar-refractivity contribution >= 4 is 27.2 Å². The molecule has 1 unspecified atom stereocenters. The molecule has 3 rings (SSSR count). The second-order valence-corrected chi connectivity index (χ2v) is 9.00. The summed E-state index contributed by atoms with van der Waals surface area (Å²) >= 11 is 0. The van der Waals surface area contributed by atoms with E-state index in [9.17, 15) is 22.6 Å². The number of hydrogen-bond donors (Lipinski definition) is 1. The molecular weight excluding hydrogens is 436 g/mol. The lowest BCUT2D eigenvalue weighted by Gasteiger charge is -2.06. The molecule has 2 aromatic carbocycles. The number of carbonyl (C=O) groups excluding carboxylic acids is 2. The summed E-state index contributed by atoms with van der Waals surface area (Å²) in [6.07, 6.45) is 3.95. The largest absolute Gasteiger partial charge is 0.326 e. The third-order valence-corrected chi connectivity index (χ3v) is 5.79. The highest BCUT2D eigenvalue weighted by molar-refractivity contribution is 7.93. The highest BCUT2D eigenvalue weighted by Crippen LogP contribution is 2.17. The molecule has 0 aliphatic rings. The van der Waals surface area contributed by atoms with Gasteiger partial charge in [-0.2, -0.15) is 4.36 Å². The molecule has 9 heteroatoms. The summed E-state index contributed by atoms with van der Waals surface area (Å²) in [6, 6.07) is 10.6. The van der Waals surface area contributed by atoms with Gasteiger partial charge in [0.1, 0.15) is 11.6 Å². The molecule has 3 aromatic rings. The number of amides is 2. The van der Waals surface area contributed by atoms with Crippen molar-refractivity contribution in [1.82, 2.24) is 4.98 Å². The first-order valence-electron chi connectivity index (χ1n) is 9.20. The summed E-state index contributed by atoms with van der Waals surface area (Å²) in [6.45, 7) is 1.37. The Kier molecular flexibility index (Phi) is 6.76. The Morgan fingerprint density at radius 2 is 1.75 bits per heavy atom. The fourth-order valence-electron chi connectivity index (χ4n) is 2.61. The van der Waals surface area contributed by atoms with Crippen LogP contribution >= 0.6 is 0 Å². The highest BCUT2D eigenvalue weighted by atomic mass is 32.2. The lowest BCUT2D eigenvalue weighted by Crippen LogP contribution is -2.07. The molecule has 0 saturated carbocycles. The Labute approximate surface area is 183 Å². The second-order valence-electron chi connectivity index (χ2n) is 6.74. The molecule has 0 radical (unpaired) electrons. The number of nitrogens with zero attached hydrogens (tertiary/aromatic N) is 2. The molecular formula is C23H17F2N3O3S. The lowest BCUT2D eigenvalue weighted by atomic mass is 10.1. The van der Waals surface area contributed by atoms with Gasteiger partial charge in [0.05, 0.1) is 20.9 Å². The zero-order valence-corrected chi connectivity index (χ0v) is 17.9. The normalized spacial score (nSPS) is 12.1. The Morgan fingerprint density at radius 1 is 1.03 bits per heavy atom. The minimum Gasteiger partial charge on any atom is -0.326 e. The molecule has 6 nitrogen and oxygen atoms in total. The smallest absolute Gasteiger partial charge is 0.286 e. The summed E-state index contributed by atoms with van der Waals surface area (Å²) in [7, 11) is -3.07. The van der Waals surface area contributed by atoms with Crippen molar-refractivity contribution < 1.29 is 22.6 Å². The third kappa shape index (κ3) is 5.83. The summed E-state index contributed by atoms with van der Waals surface area (Å²) in [4.78, 5) is 27.9. The van der Waals surface area contributed by atoms with Gasteiger partial charge in [0, 0.05) is 47.8 Å². The molecule has 0 spiro atoms. The molecule has 0 fully saturated rings. The summed E-state index contributed by atoms with van der Waals surface area (Å²) in [5.74, 6) is 2.70. The fourth-order valence-corrected chi connectivity index (χ4v) is 3.78. The van der Waals surface area contributed by atoms with E-state index in [0.717, 1.165) is 12.1 Å². The Hall–Kier alpha value is -3.90. The molecule has 32 heavy (non-hydrogen) atoms.